The molecule has 7 heteroatoms. The zero-order chi connectivity index (χ0) is 21.2. The Morgan fingerprint density at radius 3 is 2.42 bits per heavy atom. The summed E-state index contributed by atoms with van der Waals surface area (Å²) in [6.07, 6.45) is 1.94. The second kappa shape index (κ2) is 12.8. The Bertz CT molecular complexity index is 821. The van der Waals surface area contributed by atoms with Gasteiger partial charge in [-0.15, -0.1) is 24.0 Å². The molecule has 1 aliphatic heterocycles. The monoisotopic (exact) mass is 539 g/mol. The van der Waals surface area contributed by atoms with Crippen molar-refractivity contribution in [1.29, 1.82) is 0 Å². The number of nitrogens with zero attached hydrogens (tertiary/aromatic N) is 1. The fraction of sp³-hybridized carbons (Fsp3) is 0.458. The Morgan fingerprint density at radius 1 is 1.06 bits per heavy atom. The fourth-order valence-electron chi connectivity index (χ4n) is 3.87. The van der Waals surface area contributed by atoms with Gasteiger partial charge in [0, 0.05) is 44.3 Å². The number of methoxy groups -OCH3 is 1. The average Bonchev–Trinajstić information content (AvgIpc) is 2.81. The molecule has 0 radical (unpaired) electrons. The molecule has 0 amide bonds. The molecule has 2 aromatic rings. The van der Waals surface area contributed by atoms with Gasteiger partial charge in [0.15, 0.2) is 5.96 Å². The van der Waals surface area contributed by atoms with Gasteiger partial charge in [-0.3, -0.25) is 4.99 Å². The van der Waals surface area contributed by atoms with Gasteiger partial charge >= 0.3 is 0 Å². The standard InChI is InChI=1S/C24H33N3O3.HI/c1-4-30-22-8-6-5-7-19(22)17-26-23(25-2)27-18-24(13-15-29-16-14-24)20-9-11-21(28-3)12-10-20;/h5-12H,4,13-18H2,1-3H3,(H2,25,26,27);1H. The number of aliphatic imine (C=N–C) groups is 1. The molecule has 3 rings (SSSR count). The lowest BCUT2D eigenvalue weighted by Gasteiger charge is -2.38. The van der Waals surface area contributed by atoms with E-state index in [4.69, 9.17) is 14.2 Å². The number of para-hydroxylation sites is 1. The molecular formula is C24H34IN3O3. The van der Waals surface area contributed by atoms with Gasteiger partial charge in [-0.1, -0.05) is 30.3 Å². The number of hydrogen-bond acceptors (Lipinski definition) is 4. The molecule has 0 bridgehead atoms. The van der Waals surface area contributed by atoms with Crippen LogP contribution in [0.25, 0.3) is 0 Å². The summed E-state index contributed by atoms with van der Waals surface area (Å²) >= 11 is 0. The maximum absolute atomic E-state index is 5.73. The Hall–Kier alpha value is -2.00. The summed E-state index contributed by atoms with van der Waals surface area (Å²) in [5, 5.41) is 6.96. The van der Waals surface area contributed by atoms with E-state index in [2.05, 4.69) is 33.8 Å². The zero-order valence-corrected chi connectivity index (χ0v) is 21.0. The molecule has 31 heavy (non-hydrogen) atoms. The fourth-order valence-corrected chi connectivity index (χ4v) is 3.87. The quantitative estimate of drug-likeness (QED) is 0.300. The molecule has 0 aliphatic carbocycles. The van der Waals surface area contributed by atoms with Gasteiger partial charge in [0.25, 0.3) is 0 Å². The van der Waals surface area contributed by atoms with Gasteiger partial charge < -0.3 is 24.8 Å². The largest absolute Gasteiger partial charge is 0.497 e. The van der Waals surface area contributed by atoms with Crippen molar-refractivity contribution in [3.63, 3.8) is 0 Å². The first-order valence-corrected chi connectivity index (χ1v) is 10.6. The molecule has 170 valence electrons. The molecule has 0 aromatic heterocycles. The molecule has 1 fully saturated rings. The molecule has 0 saturated carbocycles. The molecule has 1 saturated heterocycles. The average molecular weight is 539 g/mol. The van der Waals surface area contributed by atoms with Gasteiger partial charge in [0.1, 0.15) is 11.5 Å². The topological polar surface area (TPSA) is 64.1 Å². The van der Waals surface area contributed by atoms with Crippen molar-refractivity contribution in [2.24, 2.45) is 4.99 Å². The number of halogens is 1. The highest BCUT2D eigenvalue weighted by molar-refractivity contribution is 14.0. The summed E-state index contributed by atoms with van der Waals surface area (Å²) in [5.74, 6) is 2.56. The normalized spacial score (nSPS) is 15.5. The van der Waals surface area contributed by atoms with E-state index in [-0.39, 0.29) is 29.4 Å². The van der Waals surface area contributed by atoms with Crippen LogP contribution >= 0.6 is 24.0 Å². The number of benzene rings is 2. The van der Waals surface area contributed by atoms with Crippen LogP contribution in [0, 0.1) is 0 Å². The van der Waals surface area contributed by atoms with Gasteiger partial charge in [-0.2, -0.15) is 0 Å². The van der Waals surface area contributed by atoms with Crippen LogP contribution in [0.1, 0.15) is 30.9 Å². The Kier molecular flexibility index (Phi) is 10.4. The molecule has 2 N–H and O–H groups in total. The highest BCUT2D eigenvalue weighted by Gasteiger charge is 2.34. The molecular weight excluding hydrogens is 505 g/mol. The Balaban J connectivity index is 0.00000341. The summed E-state index contributed by atoms with van der Waals surface area (Å²) in [6, 6.07) is 16.5. The first kappa shape index (κ1) is 25.3. The number of guanidine groups is 1. The van der Waals surface area contributed by atoms with E-state index < -0.39 is 0 Å². The second-order valence-corrected chi connectivity index (χ2v) is 7.44. The third-order valence-corrected chi connectivity index (χ3v) is 5.69. The number of nitrogens with one attached hydrogen (secondary N) is 2. The van der Waals surface area contributed by atoms with E-state index in [1.165, 1.54) is 5.56 Å². The number of rotatable bonds is 8. The number of hydrogen-bond donors (Lipinski definition) is 2. The molecule has 0 unspecified atom stereocenters. The third-order valence-electron chi connectivity index (χ3n) is 5.69. The molecule has 0 spiro atoms. The van der Waals surface area contributed by atoms with Gasteiger partial charge in [-0.05, 0) is 43.5 Å². The Morgan fingerprint density at radius 2 is 1.77 bits per heavy atom. The van der Waals surface area contributed by atoms with Crippen LogP contribution in [0.5, 0.6) is 11.5 Å². The third kappa shape index (κ3) is 6.74. The van der Waals surface area contributed by atoms with Crippen molar-refractivity contribution in [2.45, 2.75) is 31.7 Å². The van der Waals surface area contributed by atoms with E-state index in [0.29, 0.717) is 13.2 Å². The predicted octanol–water partition coefficient (Wildman–Crippen LogP) is 4.13. The lowest BCUT2D eigenvalue weighted by molar-refractivity contribution is 0.0513. The van der Waals surface area contributed by atoms with Crippen molar-refractivity contribution in [3.05, 3.63) is 59.7 Å². The molecule has 1 aliphatic rings. The minimum Gasteiger partial charge on any atom is -0.497 e. The first-order valence-electron chi connectivity index (χ1n) is 10.6. The van der Waals surface area contributed by atoms with Crippen molar-refractivity contribution in [1.82, 2.24) is 10.6 Å². The van der Waals surface area contributed by atoms with Crippen molar-refractivity contribution in [2.75, 3.05) is 40.5 Å². The highest BCUT2D eigenvalue weighted by atomic mass is 127. The van der Waals surface area contributed by atoms with Crippen molar-refractivity contribution < 1.29 is 14.2 Å². The molecule has 6 nitrogen and oxygen atoms in total. The Labute approximate surface area is 202 Å². The first-order chi connectivity index (χ1) is 14.7. The zero-order valence-electron chi connectivity index (χ0n) is 18.6. The SMILES string of the molecule is CCOc1ccccc1CNC(=NC)NCC1(c2ccc(OC)cc2)CCOCC1.I. The van der Waals surface area contributed by atoms with Crippen LogP contribution in [0.2, 0.25) is 0 Å². The van der Waals surface area contributed by atoms with E-state index in [9.17, 15) is 0 Å². The minimum atomic E-state index is 0. The van der Waals surface area contributed by atoms with Crippen molar-refractivity contribution >= 4 is 29.9 Å². The van der Waals surface area contributed by atoms with Crippen LogP contribution in [0.4, 0.5) is 0 Å². The lowest BCUT2D eigenvalue weighted by atomic mass is 9.74. The second-order valence-electron chi connectivity index (χ2n) is 7.44. The summed E-state index contributed by atoms with van der Waals surface area (Å²) in [7, 11) is 3.49. The van der Waals surface area contributed by atoms with Gasteiger partial charge in [0.2, 0.25) is 0 Å². The molecule has 0 atom stereocenters. The van der Waals surface area contributed by atoms with Crippen LogP contribution in [0.3, 0.4) is 0 Å². The van der Waals surface area contributed by atoms with Crippen LogP contribution in [-0.2, 0) is 16.7 Å². The van der Waals surface area contributed by atoms with E-state index in [1.807, 2.05) is 37.3 Å². The van der Waals surface area contributed by atoms with Gasteiger partial charge in [-0.25, -0.2) is 0 Å². The van der Waals surface area contributed by atoms with Gasteiger partial charge in [0.05, 0.1) is 13.7 Å². The van der Waals surface area contributed by atoms with Crippen LogP contribution < -0.4 is 20.1 Å². The van der Waals surface area contributed by atoms with E-state index >= 15 is 0 Å². The van der Waals surface area contributed by atoms with E-state index in [0.717, 1.165) is 55.6 Å². The van der Waals surface area contributed by atoms with E-state index in [1.54, 1.807) is 14.2 Å². The minimum absolute atomic E-state index is 0. The maximum Gasteiger partial charge on any atom is 0.191 e. The lowest BCUT2D eigenvalue weighted by Crippen LogP contribution is -2.47. The van der Waals surface area contributed by atoms with Crippen molar-refractivity contribution in [3.8, 4) is 11.5 Å². The summed E-state index contributed by atoms with van der Waals surface area (Å²) in [5.41, 5.74) is 2.42. The maximum atomic E-state index is 5.73. The predicted molar refractivity (Wildman–Crippen MR) is 136 cm³/mol. The molecule has 1 heterocycles. The smallest absolute Gasteiger partial charge is 0.191 e. The summed E-state index contributed by atoms with van der Waals surface area (Å²) in [6.45, 7) is 5.61. The highest BCUT2D eigenvalue weighted by Crippen LogP contribution is 2.35. The summed E-state index contributed by atoms with van der Waals surface area (Å²) in [4.78, 5) is 4.42. The number of ether oxygens (including phenoxy) is 3. The van der Waals surface area contributed by atoms with Crippen LogP contribution in [-0.4, -0.2) is 46.5 Å². The molecule has 2 aromatic carbocycles. The van der Waals surface area contributed by atoms with Crippen LogP contribution in [0.15, 0.2) is 53.5 Å². The summed E-state index contributed by atoms with van der Waals surface area (Å²) < 4.78 is 16.7.